The Morgan fingerprint density at radius 2 is 1.04 bits per heavy atom. The number of rotatable bonds is 12. The van der Waals surface area contributed by atoms with Crippen LogP contribution in [0.2, 0.25) is 10.0 Å². The highest BCUT2D eigenvalue weighted by molar-refractivity contribution is 6.30. The largest absolute Gasteiger partial charge is 0.395 e. The first-order valence-electron chi connectivity index (χ1n) is 9.33. The van der Waals surface area contributed by atoms with Crippen LogP contribution in [-0.2, 0) is 13.1 Å². The number of hydrogen-bond donors (Lipinski definition) is 3. The van der Waals surface area contributed by atoms with Crippen molar-refractivity contribution in [2.24, 2.45) is 0 Å². The minimum atomic E-state index is -0.613. The van der Waals surface area contributed by atoms with E-state index in [1.54, 1.807) is 0 Å². The number of hydrogen-bond acceptors (Lipinski definition) is 5. The molecule has 0 aliphatic carbocycles. The van der Waals surface area contributed by atoms with Crippen LogP contribution in [0.5, 0.6) is 0 Å². The van der Waals surface area contributed by atoms with Crippen LogP contribution < -0.4 is 0 Å². The molecule has 0 unspecified atom stereocenters. The van der Waals surface area contributed by atoms with Crippen molar-refractivity contribution in [3.8, 4) is 0 Å². The van der Waals surface area contributed by atoms with Gasteiger partial charge in [0.25, 0.3) is 0 Å². The minimum absolute atomic E-state index is 0.0193. The minimum Gasteiger partial charge on any atom is -0.395 e. The van der Waals surface area contributed by atoms with E-state index in [1.807, 2.05) is 58.3 Å². The molecule has 0 aliphatic rings. The predicted molar refractivity (Wildman–Crippen MR) is 114 cm³/mol. The molecule has 0 heterocycles. The molecular formula is C21H28Cl2N2O3. The average molecular weight is 427 g/mol. The van der Waals surface area contributed by atoms with Crippen LogP contribution >= 0.6 is 23.2 Å². The summed E-state index contributed by atoms with van der Waals surface area (Å²) >= 11 is 11.9. The lowest BCUT2D eigenvalue weighted by atomic mass is 10.2. The molecule has 0 saturated carbocycles. The molecule has 2 rings (SSSR count). The van der Waals surface area contributed by atoms with Gasteiger partial charge in [-0.05, 0) is 35.4 Å². The van der Waals surface area contributed by atoms with Crippen molar-refractivity contribution in [1.29, 1.82) is 0 Å². The van der Waals surface area contributed by atoms with Crippen LogP contribution in [-0.4, -0.2) is 70.6 Å². The summed E-state index contributed by atoms with van der Waals surface area (Å²) in [6.45, 7) is 3.06. The molecule has 0 saturated heterocycles. The van der Waals surface area contributed by atoms with E-state index in [4.69, 9.17) is 23.2 Å². The van der Waals surface area contributed by atoms with E-state index < -0.39 is 6.10 Å². The van der Waals surface area contributed by atoms with Gasteiger partial charge in [0, 0.05) is 49.3 Å². The number of halogens is 2. The molecule has 0 radical (unpaired) electrons. The van der Waals surface area contributed by atoms with Crippen molar-refractivity contribution in [2.45, 2.75) is 19.2 Å². The fourth-order valence-corrected chi connectivity index (χ4v) is 3.35. The van der Waals surface area contributed by atoms with Crippen molar-refractivity contribution in [3.05, 3.63) is 69.7 Å². The van der Waals surface area contributed by atoms with Crippen molar-refractivity contribution in [3.63, 3.8) is 0 Å². The van der Waals surface area contributed by atoms with Crippen LogP contribution in [0.3, 0.4) is 0 Å². The zero-order valence-corrected chi connectivity index (χ0v) is 17.4. The van der Waals surface area contributed by atoms with Gasteiger partial charge >= 0.3 is 0 Å². The highest BCUT2D eigenvalue weighted by Gasteiger charge is 2.16. The molecule has 28 heavy (non-hydrogen) atoms. The molecule has 2 aromatic rings. The highest BCUT2D eigenvalue weighted by Crippen LogP contribution is 2.13. The van der Waals surface area contributed by atoms with Gasteiger partial charge in [0.2, 0.25) is 0 Å². The maximum Gasteiger partial charge on any atom is 0.0794 e. The molecule has 2 aromatic carbocycles. The normalized spacial score (nSPS) is 11.7. The second kappa shape index (κ2) is 12.4. The second-order valence-electron chi connectivity index (χ2n) is 6.82. The monoisotopic (exact) mass is 426 g/mol. The smallest absolute Gasteiger partial charge is 0.0794 e. The van der Waals surface area contributed by atoms with E-state index in [0.29, 0.717) is 49.3 Å². The first kappa shape index (κ1) is 23.1. The summed E-state index contributed by atoms with van der Waals surface area (Å²) in [5.74, 6) is 0. The van der Waals surface area contributed by atoms with E-state index in [-0.39, 0.29) is 13.2 Å². The molecule has 0 aromatic heterocycles. The quantitative estimate of drug-likeness (QED) is 0.486. The molecule has 0 amide bonds. The van der Waals surface area contributed by atoms with Crippen molar-refractivity contribution >= 4 is 23.2 Å². The van der Waals surface area contributed by atoms with E-state index >= 15 is 0 Å². The van der Waals surface area contributed by atoms with Gasteiger partial charge in [-0.2, -0.15) is 0 Å². The lowest BCUT2D eigenvalue weighted by Gasteiger charge is -2.29. The van der Waals surface area contributed by atoms with Crippen LogP contribution in [0.25, 0.3) is 0 Å². The molecule has 0 bridgehead atoms. The Morgan fingerprint density at radius 1 is 0.679 bits per heavy atom. The Hall–Kier alpha value is -1.18. The molecular weight excluding hydrogens is 399 g/mol. The summed E-state index contributed by atoms with van der Waals surface area (Å²) in [6, 6.07) is 15.1. The fourth-order valence-electron chi connectivity index (χ4n) is 3.10. The Kier molecular flexibility index (Phi) is 10.2. The number of nitrogens with zero attached hydrogens (tertiary/aromatic N) is 2. The molecule has 0 fully saturated rings. The van der Waals surface area contributed by atoms with Crippen LogP contribution in [0.4, 0.5) is 0 Å². The second-order valence-corrected chi connectivity index (χ2v) is 7.70. The number of aliphatic hydroxyl groups excluding tert-OH is 3. The molecule has 0 atom stereocenters. The number of benzene rings is 2. The molecule has 5 nitrogen and oxygen atoms in total. The van der Waals surface area contributed by atoms with Gasteiger partial charge in [0.15, 0.2) is 0 Å². The zero-order chi connectivity index (χ0) is 20.4. The molecule has 3 N–H and O–H groups in total. The SMILES string of the molecule is OCCN(Cc1ccc(Cl)cc1)CC(O)CN(CCO)Cc1ccc(Cl)cc1. The average Bonchev–Trinajstić information content (AvgIpc) is 2.66. The maximum absolute atomic E-state index is 10.6. The summed E-state index contributed by atoms with van der Waals surface area (Å²) in [6.07, 6.45) is -0.613. The van der Waals surface area contributed by atoms with E-state index in [9.17, 15) is 15.3 Å². The van der Waals surface area contributed by atoms with Gasteiger partial charge in [-0.25, -0.2) is 0 Å². The van der Waals surface area contributed by atoms with Gasteiger partial charge in [0.05, 0.1) is 19.3 Å². The summed E-state index contributed by atoms with van der Waals surface area (Å²) in [5.41, 5.74) is 2.14. The lowest BCUT2D eigenvalue weighted by molar-refractivity contribution is 0.0562. The van der Waals surface area contributed by atoms with Crippen molar-refractivity contribution < 1.29 is 15.3 Å². The topological polar surface area (TPSA) is 67.2 Å². The summed E-state index contributed by atoms with van der Waals surface area (Å²) in [4.78, 5) is 4.01. The lowest BCUT2D eigenvalue weighted by Crippen LogP contribution is -2.41. The molecule has 0 spiro atoms. The van der Waals surface area contributed by atoms with Crippen LogP contribution in [0, 0.1) is 0 Å². The maximum atomic E-state index is 10.6. The fraction of sp³-hybridized carbons (Fsp3) is 0.429. The third-order valence-electron chi connectivity index (χ3n) is 4.41. The Labute approximate surface area is 176 Å². The van der Waals surface area contributed by atoms with Crippen molar-refractivity contribution in [2.75, 3.05) is 39.4 Å². The van der Waals surface area contributed by atoms with Crippen LogP contribution in [0.1, 0.15) is 11.1 Å². The Morgan fingerprint density at radius 3 is 1.36 bits per heavy atom. The number of aliphatic hydroxyl groups is 3. The Balaban J connectivity index is 1.92. The Bertz CT molecular complexity index is 624. The van der Waals surface area contributed by atoms with Gasteiger partial charge in [-0.15, -0.1) is 0 Å². The third-order valence-corrected chi connectivity index (χ3v) is 4.91. The summed E-state index contributed by atoms with van der Waals surface area (Å²) < 4.78 is 0. The van der Waals surface area contributed by atoms with Gasteiger partial charge in [0.1, 0.15) is 0 Å². The molecule has 0 aliphatic heterocycles. The zero-order valence-electron chi connectivity index (χ0n) is 15.8. The summed E-state index contributed by atoms with van der Waals surface area (Å²) in [5, 5.41) is 30.7. The van der Waals surface area contributed by atoms with E-state index in [2.05, 4.69) is 0 Å². The van der Waals surface area contributed by atoms with Crippen molar-refractivity contribution in [1.82, 2.24) is 9.80 Å². The first-order chi connectivity index (χ1) is 13.5. The van der Waals surface area contributed by atoms with E-state index in [1.165, 1.54) is 0 Å². The van der Waals surface area contributed by atoms with Gasteiger partial charge in [-0.3, -0.25) is 9.80 Å². The van der Waals surface area contributed by atoms with Gasteiger partial charge < -0.3 is 15.3 Å². The predicted octanol–water partition coefficient (Wildman–Crippen LogP) is 2.64. The van der Waals surface area contributed by atoms with Crippen LogP contribution in [0.15, 0.2) is 48.5 Å². The highest BCUT2D eigenvalue weighted by atomic mass is 35.5. The standard InChI is InChI=1S/C21H28Cl2N2O3/c22-19-5-1-17(2-6-19)13-24(9-11-26)15-21(28)16-25(10-12-27)14-18-3-7-20(23)8-4-18/h1-8,21,26-28H,9-16H2. The molecule has 154 valence electrons. The third kappa shape index (κ3) is 8.45. The summed E-state index contributed by atoms with van der Waals surface area (Å²) in [7, 11) is 0. The van der Waals surface area contributed by atoms with E-state index in [0.717, 1.165) is 11.1 Å². The van der Waals surface area contributed by atoms with Gasteiger partial charge in [-0.1, -0.05) is 47.5 Å². The molecule has 7 heteroatoms. The first-order valence-corrected chi connectivity index (χ1v) is 10.1.